The first-order valence-corrected chi connectivity index (χ1v) is 7.81. The van der Waals surface area contributed by atoms with E-state index < -0.39 is 0 Å². The molecular weight excluding hydrogens is 282 g/mol. The lowest BCUT2D eigenvalue weighted by molar-refractivity contribution is -0.140. The minimum absolute atomic E-state index is 0.00182. The van der Waals surface area contributed by atoms with Crippen LogP contribution in [0.3, 0.4) is 0 Å². The zero-order valence-corrected chi connectivity index (χ0v) is 12.6. The number of carbonyl (C=O) groups is 2. The van der Waals surface area contributed by atoms with Gasteiger partial charge in [-0.15, -0.1) is 0 Å². The topological polar surface area (TPSA) is 69.6 Å². The fourth-order valence-electron chi connectivity index (χ4n) is 2.93. The Morgan fingerprint density at radius 3 is 2.00 bits per heavy atom. The Bertz CT molecular complexity index is 522. The lowest BCUT2D eigenvalue weighted by Gasteiger charge is -2.34. The number of hydrogen-bond donors (Lipinski definition) is 0. The molecule has 0 unspecified atom stereocenters. The van der Waals surface area contributed by atoms with Crippen LogP contribution in [0.1, 0.15) is 19.3 Å². The molecule has 2 aliphatic heterocycles. The molecule has 3 rings (SSSR count). The van der Waals surface area contributed by atoms with Crippen molar-refractivity contribution in [2.45, 2.75) is 19.3 Å². The number of nitrogens with zero attached hydrogens (tertiary/aromatic N) is 5. The smallest absolute Gasteiger partial charge is 0.232 e. The van der Waals surface area contributed by atoms with Crippen molar-refractivity contribution in [1.82, 2.24) is 19.8 Å². The highest BCUT2D eigenvalue weighted by Gasteiger charge is 2.26. The van der Waals surface area contributed by atoms with Crippen LogP contribution in [0.2, 0.25) is 0 Å². The van der Waals surface area contributed by atoms with Gasteiger partial charge in [-0.1, -0.05) is 0 Å². The number of carbonyl (C=O) groups excluding carboxylic acids is 2. The summed E-state index contributed by atoms with van der Waals surface area (Å²) in [6.45, 7) is 4.23. The van der Waals surface area contributed by atoms with Crippen molar-refractivity contribution in [2.75, 3.05) is 44.2 Å². The van der Waals surface area contributed by atoms with Crippen molar-refractivity contribution in [2.24, 2.45) is 0 Å². The average molecular weight is 303 g/mol. The molecule has 0 bridgehead atoms. The minimum atomic E-state index is -0.0643. The van der Waals surface area contributed by atoms with Gasteiger partial charge in [-0.2, -0.15) is 0 Å². The highest BCUT2D eigenvalue weighted by atomic mass is 16.2. The van der Waals surface area contributed by atoms with Crippen LogP contribution in [0, 0.1) is 0 Å². The maximum absolute atomic E-state index is 12.2. The van der Waals surface area contributed by atoms with Gasteiger partial charge in [0.25, 0.3) is 0 Å². The zero-order chi connectivity index (χ0) is 15.4. The van der Waals surface area contributed by atoms with Crippen molar-refractivity contribution >= 4 is 17.8 Å². The predicted octanol–water partition coefficient (Wildman–Crippen LogP) is 0.138. The van der Waals surface area contributed by atoms with Crippen LogP contribution in [-0.4, -0.2) is 70.9 Å². The molecule has 0 aliphatic carbocycles. The molecule has 22 heavy (non-hydrogen) atoms. The number of rotatable bonds is 3. The third-order valence-electron chi connectivity index (χ3n) is 4.23. The van der Waals surface area contributed by atoms with Crippen LogP contribution >= 0.6 is 0 Å². The summed E-state index contributed by atoms with van der Waals surface area (Å²) >= 11 is 0. The summed E-state index contributed by atoms with van der Waals surface area (Å²) in [7, 11) is 0. The molecule has 2 saturated heterocycles. The predicted molar refractivity (Wildman–Crippen MR) is 81.3 cm³/mol. The summed E-state index contributed by atoms with van der Waals surface area (Å²) in [5.41, 5.74) is 0. The van der Waals surface area contributed by atoms with Crippen molar-refractivity contribution in [1.29, 1.82) is 0 Å². The molecule has 2 aliphatic rings. The second-order valence-corrected chi connectivity index (χ2v) is 5.68. The normalized spacial score (nSPS) is 18.6. The van der Waals surface area contributed by atoms with E-state index in [9.17, 15) is 9.59 Å². The van der Waals surface area contributed by atoms with Crippen molar-refractivity contribution < 1.29 is 9.59 Å². The molecule has 0 aromatic carbocycles. The summed E-state index contributed by atoms with van der Waals surface area (Å²) < 4.78 is 0. The van der Waals surface area contributed by atoms with Gasteiger partial charge in [0.05, 0.1) is 0 Å². The third-order valence-corrected chi connectivity index (χ3v) is 4.23. The number of amides is 2. The molecule has 118 valence electrons. The van der Waals surface area contributed by atoms with Crippen LogP contribution in [0.25, 0.3) is 0 Å². The number of piperazine rings is 1. The van der Waals surface area contributed by atoms with Gasteiger partial charge in [0, 0.05) is 51.7 Å². The van der Waals surface area contributed by atoms with E-state index in [1.54, 1.807) is 28.3 Å². The van der Waals surface area contributed by atoms with Crippen molar-refractivity contribution in [3.05, 3.63) is 18.5 Å². The second-order valence-electron chi connectivity index (χ2n) is 5.68. The SMILES string of the molecule is O=C(CC(=O)N1CCN(c2ncccn2)CC1)N1CCCC1. The largest absolute Gasteiger partial charge is 0.342 e. The molecule has 0 N–H and O–H groups in total. The molecule has 7 nitrogen and oxygen atoms in total. The molecule has 0 radical (unpaired) electrons. The molecule has 2 amide bonds. The van der Waals surface area contributed by atoms with Gasteiger partial charge in [-0.25, -0.2) is 9.97 Å². The second kappa shape index (κ2) is 6.72. The Labute approximate surface area is 129 Å². The summed E-state index contributed by atoms with van der Waals surface area (Å²) in [6, 6.07) is 1.78. The summed E-state index contributed by atoms with van der Waals surface area (Å²) in [5.74, 6) is 0.601. The third kappa shape index (κ3) is 3.35. The van der Waals surface area contributed by atoms with Crippen molar-refractivity contribution in [3.63, 3.8) is 0 Å². The monoisotopic (exact) mass is 303 g/mol. The summed E-state index contributed by atoms with van der Waals surface area (Å²) in [6.07, 6.45) is 5.54. The number of hydrogen-bond acceptors (Lipinski definition) is 5. The molecule has 0 spiro atoms. The number of anilines is 1. The van der Waals surface area contributed by atoms with E-state index in [0.29, 0.717) is 32.1 Å². The van der Waals surface area contributed by atoms with Gasteiger partial charge < -0.3 is 14.7 Å². The van der Waals surface area contributed by atoms with Crippen LogP contribution < -0.4 is 4.90 Å². The van der Waals surface area contributed by atoms with Crippen LogP contribution in [0.5, 0.6) is 0 Å². The van der Waals surface area contributed by atoms with Gasteiger partial charge in [-0.05, 0) is 18.9 Å². The van der Waals surface area contributed by atoms with Crippen molar-refractivity contribution in [3.8, 4) is 0 Å². The summed E-state index contributed by atoms with van der Waals surface area (Å²) in [4.78, 5) is 38.3. The molecule has 7 heteroatoms. The fourth-order valence-corrected chi connectivity index (χ4v) is 2.93. The Morgan fingerprint density at radius 1 is 0.864 bits per heavy atom. The standard InChI is InChI=1S/C15H21N5O2/c21-13(18-6-1-2-7-18)12-14(22)19-8-10-20(11-9-19)15-16-4-3-5-17-15/h3-5H,1-2,6-12H2. The number of likely N-dealkylation sites (tertiary alicyclic amines) is 1. The van der Waals surface area contributed by atoms with E-state index in [1.807, 2.05) is 0 Å². The Hall–Kier alpha value is -2.18. The quantitative estimate of drug-likeness (QED) is 0.743. The fraction of sp³-hybridized carbons (Fsp3) is 0.600. The molecular formula is C15H21N5O2. The Morgan fingerprint density at radius 2 is 1.41 bits per heavy atom. The lowest BCUT2D eigenvalue weighted by Crippen LogP contribution is -2.50. The van der Waals surface area contributed by atoms with Gasteiger partial charge in [-0.3, -0.25) is 9.59 Å². The highest BCUT2D eigenvalue weighted by Crippen LogP contribution is 2.13. The molecule has 1 aromatic rings. The Kier molecular flexibility index (Phi) is 4.50. The van der Waals surface area contributed by atoms with E-state index in [-0.39, 0.29) is 18.2 Å². The molecule has 0 saturated carbocycles. The maximum Gasteiger partial charge on any atom is 0.232 e. The maximum atomic E-state index is 12.2. The minimum Gasteiger partial charge on any atom is -0.342 e. The molecule has 1 aromatic heterocycles. The molecule has 2 fully saturated rings. The number of aromatic nitrogens is 2. The first kappa shape index (κ1) is 14.7. The Balaban J connectivity index is 1.48. The van der Waals surface area contributed by atoms with Gasteiger partial charge in [0.1, 0.15) is 6.42 Å². The van der Waals surface area contributed by atoms with E-state index in [0.717, 1.165) is 25.9 Å². The average Bonchev–Trinajstić information content (AvgIpc) is 3.10. The lowest BCUT2D eigenvalue weighted by atomic mass is 10.2. The summed E-state index contributed by atoms with van der Waals surface area (Å²) in [5, 5.41) is 0. The van der Waals surface area contributed by atoms with E-state index in [1.165, 1.54) is 0 Å². The van der Waals surface area contributed by atoms with E-state index >= 15 is 0 Å². The van der Waals surface area contributed by atoms with Crippen LogP contribution in [0.15, 0.2) is 18.5 Å². The van der Waals surface area contributed by atoms with Crippen LogP contribution in [0.4, 0.5) is 5.95 Å². The first-order chi connectivity index (χ1) is 10.7. The zero-order valence-electron chi connectivity index (χ0n) is 12.6. The first-order valence-electron chi connectivity index (χ1n) is 7.81. The van der Waals surface area contributed by atoms with Gasteiger partial charge in [0.2, 0.25) is 17.8 Å². The van der Waals surface area contributed by atoms with E-state index in [2.05, 4.69) is 14.9 Å². The molecule has 3 heterocycles. The van der Waals surface area contributed by atoms with Gasteiger partial charge >= 0.3 is 0 Å². The molecule has 0 atom stereocenters. The van der Waals surface area contributed by atoms with Crippen LogP contribution in [-0.2, 0) is 9.59 Å². The van der Waals surface area contributed by atoms with E-state index in [4.69, 9.17) is 0 Å². The highest BCUT2D eigenvalue weighted by molar-refractivity contribution is 5.97. The van der Waals surface area contributed by atoms with Gasteiger partial charge in [0.15, 0.2) is 0 Å².